The molecule has 0 bridgehead atoms. The van der Waals surface area contributed by atoms with Crippen LogP contribution in [-0.4, -0.2) is 36.6 Å². The monoisotopic (exact) mass is 281 g/mol. The van der Waals surface area contributed by atoms with Crippen LogP contribution in [0.15, 0.2) is 12.3 Å². The van der Waals surface area contributed by atoms with Crippen LogP contribution in [0.3, 0.4) is 0 Å². The molecule has 0 unspecified atom stereocenters. The lowest BCUT2D eigenvalue weighted by atomic mass is 10.1. The molecule has 6 nitrogen and oxygen atoms in total. The maximum Gasteiger partial charge on any atom is 0.339 e. The molecule has 1 aromatic rings. The summed E-state index contributed by atoms with van der Waals surface area (Å²) in [5.74, 6) is 0.103. The van der Waals surface area contributed by atoms with Crippen molar-refractivity contribution in [3.8, 4) is 0 Å². The van der Waals surface area contributed by atoms with Crippen LogP contribution in [0.2, 0.25) is 0 Å². The summed E-state index contributed by atoms with van der Waals surface area (Å²) < 4.78 is 4.62. The van der Waals surface area contributed by atoms with E-state index in [1.165, 1.54) is 13.3 Å². The van der Waals surface area contributed by atoms with Gasteiger partial charge in [0.05, 0.1) is 18.4 Å². The van der Waals surface area contributed by atoms with Crippen LogP contribution in [-0.2, 0) is 9.53 Å². The Hall–Kier alpha value is -2.11. The van der Waals surface area contributed by atoms with E-state index in [9.17, 15) is 9.59 Å². The first-order chi connectivity index (χ1) is 9.58. The van der Waals surface area contributed by atoms with E-state index < -0.39 is 5.97 Å². The Morgan fingerprint density at radius 3 is 2.75 bits per heavy atom. The summed E-state index contributed by atoms with van der Waals surface area (Å²) in [6.07, 6.45) is 1.46. The maximum atomic E-state index is 11.8. The van der Waals surface area contributed by atoms with Gasteiger partial charge in [-0.05, 0) is 19.9 Å². The first-order valence-electron chi connectivity index (χ1n) is 6.74. The Morgan fingerprint density at radius 2 is 2.20 bits per heavy atom. The van der Waals surface area contributed by atoms with E-state index in [0.29, 0.717) is 23.6 Å². The van der Waals surface area contributed by atoms with Gasteiger partial charge in [0.25, 0.3) is 0 Å². The predicted molar refractivity (Wildman–Crippen MR) is 80.2 cm³/mol. The minimum absolute atomic E-state index is 0. The van der Waals surface area contributed by atoms with Gasteiger partial charge >= 0.3 is 5.97 Å². The highest BCUT2D eigenvalue weighted by Crippen LogP contribution is 2.30. The summed E-state index contributed by atoms with van der Waals surface area (Å²) in [5.41, 5.74) is 0.866. The molecule has 0 saturated heterocycles. The smallest absolute Gasteiger partial charge is 0.339 e. The van der Waals surface area contributed by atoms with Crippen molar-refractivity contribution < 1.29 is 15.8 Å². The molecule has 20 heavy (non-hydrogen) atoms. The second-order valence-electron chi connectivity index (χ2n) is 4.04. The first kappa shape index (κ1) is 15.9. The number of likely N-dealkylation sites (N-methyl/N-ethyl adjacent to an activating group) is 1. The molecule has 1 atom stereocenters. The molecule has 0 radical (unpaired) electrons. The molecule has 0 spiro atoms. The van der Waals surface area contributed by atoms with Crippen LogP contribution in [0.25, 0.3) is 0 Å². The molecule has 0 saturated carbocycles. The summed E-state index contributed by atoms with van der Waals surface area (Å²) in [7, 11) is 1.31. The Bertz CT molecular complexity index is 508. The van der Waals surface area contributed by atoms with E-state index in [1.807, 2.05) is 32.6 Å². The van der Waals surface area contributed by atoms with Crippen molar-refractivity contribution in [2.24, 2.45) is 0 Å². The van der Waals surface area contributed by atoms with E-state index in [2.05, 4.69) is 15.0 Å². The molecule has 6 heteroatoms. The van der Waals surface area contributed by atoms with Crippen molar-refractivity contribution in [3.05, 3.63) is 17.8 Å². The average Bonchev–Trinajstić information content (AvgIpc) is 2.49. The third-order valence-electron chi connectivity index (χ3n) is 3.01. The van der Waals surface area contributed by atoms with Crippen molar-refractivity contribution in [2.75, 3.05) is 23.9 Å². The van der Waals surface area contributed by atoms with Gasteiger partial charge in [-0.1, -0.05) is 13.8 Å². The van der Waals surface area contributed by atoms with Gasteiger partial charge in [-0.3, -0.25) is 4.79 Å². The molecule has 1 aromatic heterocycles. The number of nitrogens with zero attached hydrogens (tertiary/aromatic N) is 2. The number of carbonyl (C=O) groups excluding carboxylic acids is 2. The van der Waals surface area contributed by atoms with Crippen molar-refractivity contribution in [1.29, 1.82) is 0 Å². The van der Waals surface area contributed by atoms with Gasteiger partial charge in [-0.2, -0.15) is 0 Å². The van der Waals surface area contributed by atoms with Gasteiger partial charge in [0.2, 0.25) is 5.91 Å². The lowest BCUT2D eigenvalue weighted by Crippen LogP contribution is -2.46. The van der Waals surface area contributed by atoms with E-state index in [0.717, 1.165) is 0 Å². The van der Waals surface area contributed by atoms with Crippen LogP contribution in [0.5, 0.6) is 0 Å². The fourth-order valence-corrected chi connectivity index (χ4v) is 1.99. The fourth-order valence-electron chi connectivity index (χ4n) is 1.99. The second-order valence-corrected chi connectivity index (χ2v) is 4.04. The standard InChI is InChI=1S/C12H15N3O3.C2H6.H2/c1-4-15-7(2)11(16)14-9-5-8(12(17)18-3)6-13-10(9)15;1-2;/h5-7H,4H2,1-3H3,(H,14,16);1-2H3;1H/t7-;;/m0../s1. The van der Waals surface area contributed by atoms with Crippen LogP contribution >= 0.6 is 0 Å². The third-order valence-corrected chi connectivity index (χ3v) is 3.01. The van der Waals surface area contributed by atoms with Crippen LogP contribution in [0.1, 0.15) is 39.5 Å². The topological polar surface area (TPSA) is 71.5 Å². The molecular weight excluding hydrogens is 258 g/mol. The van der Waals surface area contributed by atoms with Gasteiger partial charge in [0.15, 0.2) is 5.82 Å². The van der Waals surface area contributed by atoms with Gasteiger partial charge < -0.3 is 15.0 Å². The number of methoxy groups -OCH3 is 1. The van der Waals surface area contributed by atoms with Crippen LogP contribution in [0.4, 0.5) is 11.5 Å². The Kier molecular flexibility index (Phi) is 5.49. The molecule has 112 valence electrons. The maximum absolute atomic E-state index is 11.8. The third kappa shape index (κ3) is 2.89. The number of nitrogens with one attached hydrogen (secondary N) is 1. The number of hydrogen-bond acceptors (Lipinski definition) is 5. The fraction of sp³-hybridized carbons (Fsp3) is 0.500. The summed E-state index contributed by atoms with van der Waals surface area (Å²) in [6.45, 7) is 8.44. The van der Waals surface area contributed by atoms with Crippen molar-refractivity contribution in [1.82, 2.24) is 4.98 Å². The summed E-state index contributed by atoms with van der Waals surface area (Å²) in [6, 6.07) is 1.32. The Balaban J connectivity index is 0.00000128. The van der Waals surface area contributed by atoms with E-state index in [-0.39, 0.29) is 13.4 Å². The summed E-state index contributed by atoms with van der Waals surface area (Å²) >= 11 is 0. The Labute approximate surface area is 120 Å². The number of amides is 1. The Morgan fingerprint density at radius 1 is 1.55 bits per heavy atom. The highest BCUT2D eigenvalue weighted by molar-refractivity contribution is 6.03. The SMILES string of the molecule is CC.CCN1c2ncc(C(=O)OC)cc2NC(=O)[C@@H]1C.[HH]. The molecule has 2 heterocycles. The summed E-state index contributed by atoms with van der Waals surface area (Å²) in [4.78, 5) is 29.3. The van der Waals surface area contributed by atoms with E-state index >= 15 is 0 Å². The molecule has 1 N–H and O–H groups in total. The minimum atomic E-state index is -0.471. The zero-order chi connectivity index (χ0) is 15.3. The van der Waals surface area contributed by atoms with Gasteiger partial charge in [-0.25, -0.2) is 9.78 Å². The van der Waals surface area contributed by atoms with Crippen molar-refractivity contribution in [2.45, 2.75) is 33.7 Å². The average molecular weight is 281 g/mol. The molecule has 1 aliphatic heterocycles. The number of pyridine rings is 1. The van der Waals surface area contributed by atoms with Crippen molar-refractivity contribution in [3.63, 3.8) is 0 Å². The number of rotatable bonds is 2. The zero-order valence-electron chi connectivity index (χ0n) is 12.6. The van der Waals surface area contributed by atoms with E-state index in [1.54, 1.807) is 6.07 Å². The number of aromatic nitrogens is 1. The number of fused-ring (bicyclic) bond motifs is 1. The zero-order valence-corrected chi connectivity index (χ0v) is 12.6. The molecular formula is C14H23N3O3. The van der Waals surface area contributed by atoms with Gasteiger partial charge in [0.1, 0.15) is 6.04 Å². The lowest BCUT2D eigenvalue weighted by Gasteiger charge is -2.34. The molecule has 1 aliphatic rings. The normalized spacial score (nSPS) is 16.6. The number of carbonyl (C=O) groups is 2. The lowest BCUT2D eigenvalue weighted by molar-refractivity contribution is -0.117. The van der Waals surface area contributed by atoms with Crippen LogP contribution < -0.4 is 10.2 Å². The highest BCUT2D eigenvalue weighted by atomic mass is 16.5. The largest absolute Gasteiger partial charge is 0.465 e. The van der Waals surface area contributed by atoms with Crippen molar-refractivity contribution >= 4 is 23.4 Å². The summed E-state index contributed by atoms with van der Waals surface area (Å²) in [5, 5.41) is 2.74. The van der Waals surface area contributed by atoms with Gasteiger partial charge in [0, 0.05) is 14.2 Å². The van der Waals surface area contributed by atoms with E-state index in [4.69, 9.17) is 0 Å². The molecule has 2 rings (SSSR count). The second kappa shape index (κ2) is 6.88. The van der Waals surface area contributed by atoms with Gasteiger partial charge in [-0.15, -0.1) is 0 Å². The molecule has 0 fully saturated rings. The number of anilines is 2. The highest BCUT2D eigenvalue weighted by Gasteiger charge is 2.30. The molecule has 0 aliphatic carbocycles. The number of esters is 1. The molecule has 1 amide bonds. The predicted octanol–water partition coefficient (Wildman–Crippen LogP) is 2.31. The quantitative estimate of drug-likeness (QED) is 0.842. The van der Waals surface area contributed by atoms with Crippen LogP contribution in [0, 0.1) is 0 Å². The minimum Gasteiger partial charge on any atom is -0.465 e. The first-order valence-corrected chi connectivity index (χ1v) is 6.74. The number of hydrogen-bond donors (Lipinski definition) is 1. The molecule has 0 aromatic carbocycles. The number of ether oxygens (including phenoxy) is 1.